The van der Waals surface area contributed by atoms with Gasteiger partial charge in [0.2, 0.25) is 5.78 Å². The van der Waals surface area contributed by atoms with E-state index in [0.717, 1.165) is 18.6 Å². The summed E-state index contributed by atoms with van der Waals surface area (Å²) in [6.07, 6.45) is -1.30. The average molecular weight is 256 g/mol. The minimum atomic E-state index is -4.45. The molecule has 5 heteroatoms. The number of halogens is 3. The second-order valence-electron chi connectivity index (χ2n) is 3.97. The fraction of sp³-hybridized carbons (Fsp3) is 0.308. The molecular formula is C13H11F3O2. The Labute approximate surface area is 102 Å². The number of hydrogen-bond donors (Lipinski definition) is 0. The van der Waals surface area contributed by atoms with Gasteiger partial charge in [-0.2, -0.15) is 13.2 Å². The summed E-state index contributed by atoms with van der Waals surface area (Å²) in [5.74, 6) is -0.360. The first-order valence-electron chi connectivity index (χ1n) is 5.53. The maximum Gasteiger partial charge on any atom is 0.416 e. The molecule has 0 radical (unpaired) electrons. The summed E-state index contributed by atoms with van der Waals surface area (Å²) in [6, 6.07) is 4.36. The molecule has 1 aromatic rings. The van der Waals surface area contributed by atoms with Crippen LogP contribution in [0, 0.1) is 0 Å². The molecule has 0 aromatic heterocycles. The van der Waals surface area contributed by atoms with Crippen LogP contribution in [0.4, 0.5) is 13.2 Å². The zero-order valence-electron chi connectivity index (χ0n) is 9.46. The van der Waals surface area contributed by atoms with Crippen LogP contribution >= 0.6 is 0 Å². The van der Waals surface area contributed by atoms with Crippen molar-refractivity contribution >= 4 is 5.78 Å². The lowest BCUT2D eigenvalue weighted by molar-refractivity contribution is -0.137. The Balaban J connectivity index is 2.28. The number of carbonyl (C=O) groups is 1. The minimum absolute atomic E-state index is 0.00188. The van der Waals surface area contributed by atoms with Gasteiger partial charge in [-0.3, -0.25) is 4.79 Å². The number of benzene rings is 1. The highest BCUT2D eigenvalue weighted by molar-refractivity contribution is 6.07. The first-order valence-corrected chi connectivity index (χ1v) is 5.53. The lowest BCUT2D eigenvalue weighted by Crippen LogP contribution is -2.13. The number of alkyl halides is 3. The van der Waals surface area contributed by atoms with Gasteiger partial charge < -0.3 is 4.74 Å². The zero-order chi connectivity index (χ0) is 13.2. The molecule has 2 nitrogen and oxygen atoms in total. The minimum Gasteiger partial charge on any atom is -0.490 e. The molecule has 1 aliphatic heterocycles. The predicted octanol–water partition coefficient (Wildman–Crippen LogP) is 3.58. The van der Waals surface area contributed by atoms with E-state index in [1.165, 1.54) is 12.1 Å². The lowest BCUT2D eigenvalue weighted by atomic mass is 10.0. The van der Waals surface area contributed by atoms with Crippen molar-refractivity contribution in [3.05, 3.63) is 47.2 Å². The van der Waals surface area contributed by atoms with Crippen molar-refractivity contribution in [1.29, 1.82) is 0 Å². The van der Waals surface area contributed by atoms with Crippen LogP contribution in [0.2, 0.25) is 0 Å². The standard InChI is InChI=1S/C13H11F3O2/c14-13(15,16)10-5-3-4-9(8-10)12(17)11-6-1-2-7-18-11/h3-6,8H,1-2,7H2. The molecule has 2 rings (SSSR count). The summed E-state index contributed by atoms with van der Waals surface area (Å²) in [4.78, 5) is 11.9. The van der Waals surface area contributed by atoms with Crippen molar-refractivity contribution in [2.75, 3.05) is 6.61 Å². The molecule has 0 saturated heterocycles. The molecule has 0 atom stereocenters. The Morgan fingerprint density at radius 1 is 1.28 bits per heavy atom. The molecule has 1 aliphatic rings. The molecule has 0 spiro atoms. The van der Waals surface area contributed by atoms with Gasteiger partial charge in [-0.25, -0.2) is 0 Å². The van der Waals surface area contributed by atoms with Crippen LogP contribution in [0.25, 0.3) is 0 Å². The highest BCUT2D eigenvalue weighted by Gasteiger charge is 2.31. The normalized spacial score (nSPS) is 15.8. The molecule has 1 aromatic carbocycles. The number of ether oxygens (including phenoxy) is 1. The van der Waals surface area contributed by atoms with E-state index in [4.69, 9.17) is 4.74 Å². The van der Waals surface area contributed by atoms with Gasteiger partial charge in [0.05, 0.1) is 12.2 Å². The lowest BCUT2D eigenvalue weighted by Gasteiger charge is -2.14. The molecule has 0 amide bonds. The van der Waals surface area contributed by atoms with E-state index >= 15 is 0 Å². The smallest absolute Gasteiger partial charge is 0.416 e. The van der Waals surface area contributed by atoms with E-state index in [2.05, 4.69) is 0 Å². The highest BCUT2D eigenvalue weighted by Crippen LogP contribution is 2.30. The number of ketones is 1. The summed E-state index contributed by atoms with van der Waals surface area (Å²) in [5.41, 5.74) is -0.831. The fourth-order valence-electron chi connectivity index (χ4n) is 1.69. The summed E-state index contributed by atoms with van der Waals surface area (Å²) >= 11 is 0. The molecule has 0 unspecified atom stereocenters. The van der Waals surface area contributed by atoms with Crippen LogP contribution < -0.4 is 0 Å². The second kappa shape index (κ2) is 4.84. The molecule has 18 heavy (non-hydrogen) atoms. The van der Waals surface area contributed by atoms with E-state index < -0.39 is 17.5 Å². The first kappa shape index (κ1) is 12.7. The van der Waals surface area contributed by atoms with Crippen LogP contribution in [0.1, 0.15) is 28.8 Å². The Bertz CT molecular complexity index is 489. The second-order valence-corrected chi connectivity index (χ2v) is 3.97. The Morgan fingerprint density at radius 3 is 2.67 bits per heavy atom. The third kappa shape index (κ3) is 2.72. The third-order valence-electron chi connectivity index (χ3n) is 2.61. The highest BCUT2D eigenvalue weighted by atomic mass is 19.4. The molecule has 96 valence electrons. The van der Waals surface area contributed by atoms with Crippen LogP contribution in [-0.2, 0) is 10.9 Å². The van der Waals surface area contributed by atoms with Gasteiger partial charge in [0.1, 0.15) is 0 Å². The first-order chi connectivity index (χ1) is 8.48. The number of rotatable bonds is 2. The van der Waals surface area contributed by atoms with E-state index in [-0.39, 0.29) is 11.3 Å². The van der Waals surface area contributed by atoms with Crippen molar-refractivity contribution in [3.63, 3.8) is 0 Å². The maximum atomic E-state index is 12.5. The number of Topliss-reactive ketones (excluding diaryl/α,β-unsaturated/α-hetero) is 1. The number of hydrogen-bond acceptors (Lipinski definition) is 2. The van der Waals surface area contributed by atoms with Gasteiger partial charge in [-0.1, -0.05) is 12.1 Å². The molecule has 0 fully saturated rings. The topological polar surface area (TPSA) is 26.3 Å². The Kier molecular flexibility index (Phi) is 3.41. The van der Waals surface area contributed by atoms with Gasteiger partial charge in [0.25, 0.3) is 0 Å². The maximum absolute atomic E-state index is 12.5. The Morgan fingerprint density at radius 2 is 2.06 bits per heavy atom. The molecule has 0 N–H and O–H groups in total. The molecular weight excluding hydrogens is 245 g/mol. The van der Waals surface area contributed by atoms with Crippen LogP contribution in [0.5, 0.6) is 0 Å². The van der Waals surface area contributed by atoms with Crippen LogP contribution in [0.15, 0.2) is 36.1 Å². The van der Waals surface area contributed by atoms with Crippen molar-refractivity contribution < 1.29 is 22.7 Å². The van der Waals surface area contributed by atoms with Crippen LogP contribution in [0.3, 0.4) is 0 Å². The Hall–Kier alpha value is -1.78. The van der Waals surface area contributed by atoms with E-state index in [1.807, 2.05) is 0 Å². The summed E-state index contributed by atoms with van der Waals surface area (Å²) < 4.78 is 42.7. The molecule has 0 bridgehead atoms. The van der Waals surface area contributed by atoms with E-state index in [9.17, 15) is 18.0 Å². The summed E-state index contributed by atoms with van der Waals surface area (Å²) in [7, 11) is 0. The van der Waals surface area contributed by atoms with Gasteiger partial charge in [0.15, 0.2) is 5.76 Å². The van der Waals surface area contributed by atoms with E-state index in [0.29, 0.717) is 13.0 Å². The fourth-order valence-corrected chi connectivity index (χ4v) is 1.69. The predicted molar refractivity (Wildman–Crippen MR) is 59.0 cm³/mol. The molecule has 0 aliphatic carbocycles. The van der Waals surface area contributed by atoms with Crippen molar-refractivity contribution in [2.24, 2.45) is 0 Å². The third-order valence-corrected chi connectivity index (χ3v) is 2.61. The number of carbonyl (C=O) groups excluding carboxylic acids is 1. The zero-order valence-corrected chi connectivity index (χ0v) is 9.46. The van der Waals surface area contributed by atoms with Crippen LogP contribution in [-0.4, -0.2) is 12.4 Å². The average Bonchev–Trinajstić information content (AvgIpc) is 2.38. The summed E-state index contributed by atoms with van der Waals surface area (Å²) in [5, 5.41) is 0. The van der Waals surface area contributed by atoms with Crippen molar-refractivity contribution in [3.8, 4) is 0 Å². The van der Waals surface area contributed by atoms with Crippen molar-refractivity contribution in [1.82, 2.24) is 0 Å². The van der Waals surface area contributed by atoms with E-state index in [1.54, 1.807) is 6.08 Å². The quantitative estimate of drug-likeness (QED) is 0.756. The SMILES string of the molecule is O=C(C1=CCCCO1)c1cccc(C(F)(F)F)c1. The van der Waals surface area contributed by atoms with Gasteiger partial charge in [0, 0.05) is 5.56 Å². The summed E-state index contributed by atoms with van der Waals surface area (Å²) in [6.45, 7) is 0.427. The molecule has 1 heterocycles. The van der Waals surface area contributed by atoms with Gasteiger partial charge in [-0.05, 0) is 31.1 Å². The van der Waals surface area contributed by atoms with Gasteiger partial charge in [-0.15, -0.1) is 0 Å². The number of allylic oxidation sites excluding steroid dienone is 2. The van der Waals surface area contributed by atoms with Crippen molar-refractivity contribution in [2.45, 2.75) is 19.0 Å². The van der Waals surface area contributed by atoms with Gasteiger partial charge >= 0.3 is 6.18 Å². The largest absolute Gasteiger partial charge is 0.490 e. The monoisotopic (exact) mass is 256 g/mol. The molecule has 0 saturated carbocycles.